The topological polar surface area (TPSA) is 9.23 Å². The quantitative estimate of drug-likeness (QED) is 0.615. The van der Waals surface area contributed by atoms with Gasteiger partial charge in [-0.1, -0.05) is 38.8 Å². The molecule has 112 valence electrons. The van der Waals surface area contributed by atoms with E-state index < -0.39 is 0 Å². The van der Waals surface area contributed by atoms with Crippen molar-refractivity contribution in [3.8, 4) is 5.75 Å². The minimum atomic E-state index is 0.122. The number of hydrogen-bond acceptors (Lipinski definition) is 1. The van der Waals surface area contributed by atoms with Crippen molar-refractivity contribution in [3.63, 3.8) is 0 Å². The summed E-state index contributed by atoms with van der Waals surface area (Å²) in [7, 11) is 1.72. The fraction of sp³-hybridized carbons (Fsp3) is 0.667. The molecule has 20 heavy (non-hydrogen) atoms. The lowest BCUT2D eigenvalue weighted by Gasteiger charge is -2.36. The Morgan fingerprint density at radius 3 is 2.40 bits per heavy atom. The molecule has 1 saturated carbocycles. The van der Waals surface area contributed by atoms with Gasteiger partial charge < -0.3 is 4.74 Å². The smallest absolute Gasteiger partial charge is 0.121 e. The SMILES string of the molecule is COc1ccc(C(Cl)C2(CC(C)C)CCCC2)cc1C. The maximum Gasteiger partial charge on any atom is 0.121 e. The molecule has 0 N–H and O–H groups in total. The van der Waals surface area contributed by atoms with Crippen LogP contribution in [0.2, 0.25) is 0 Å². The molecule has 1 aromatic rings. The van der Waals surface area contributed by atoms with E-state index in [-0.39, 0.29) is 10.8 Å². The molecule has 2 heteroatoms. The monoisotopic (exact) mass is 294 g/mol. The van der Waals surface area contributed by atoms with E-state index in [0.29, 0.717) is 5.92 Å². The lowest BCUT2D eigenvalue weighted by Crippen LogP contribution is -2.24. The van der Waals surface area contributed by atoms with Gasteiger partial charge in [0.15, 0.2) is 0 Å². The van der Waals surface area contributed by atoms with E-state index in [4.69, 9.17) is 16.3 Å². The van der Waals surface area contributed by atoms with Crippen LogP contribution in [0.4, 0.5) is 0 Å². The minimum absolute atomic E-state index is 0.122. The van der Waals surface area contributed by atoms with Crippen LogP contribution in [-0.4, -0.2) is 7.11 Å². The average molecular weight is 295 g/mol. The highest BCUT2D eigenvalue weighted by atomic mass is 35.5. The summed E-state index contributed by atoms with van der Waals surface area (Å²) >= 11 is 6.94. The zero-order chi connectivity index (χ0) is 14.8. The summed E-state index contributed by atoms with van der Waals surface area (Å²) in [5.41, 5.74) is 2.72. The molecule has 0 aliphatic heterocycles. The molecule has 1 nitrogen and oxygen atoms in total. The van der Waals surface area contributed by atoms with Gasteiger partial charge in [0.05, 0.1) is 12.5 Å². The molecular weight excluding hydrogens is 268 g/mol. The number of halogens is 1. The third kappa shape index (κ3) is 3.14. The molecule has 2 rings (SSSR count). The van der Waals surface area contributed by atoms with E-state index in [1.807, 2.05) is 0 Å². The van der Waals surface area contributed by atoms with Crippen molar-refractivity contribution in [2.75, 3.05) is 7.11 Å². The second kappa shape index (κ2) is 6.39. The molecule has 0 heterocycles. The van der Waals surface area contributed by atoms with Crippen LogP contribution in [0.25, 0.3) is 0 Å². The fourth-order valence-corrected chi connectivity index (χ4v) is 4.31. The van der Waals surface area contributed by atoms with Gasteiger partial charge in [-0.3, -0.25) is 0 Å². The second-order valence-corrected chi connectivity index (χ2v) is 7.20. The summed E-state index contributed by atoms with van der Waals surface area (Å²) in [4.78, 5) is 0. The number of ether oxygens (including phenoxy) is 1. The minimum Gasteiger partial charge on any atom is -0.496 e. The number of hydrogen-bond donors (Lipinski definition) is 0. The van der Waals surface area contributed by atoms with E-state index in [9.17, 15) is 0 Å². The number of aryl methyl sites for hydroxylation is 1. The molecule has 1 aliphatic carbocycles. The Bertz CT molecular complexity index is 447. The van der Waals surface area contributed by atoms with E-state index in [2.05, 4.69) is 39.0 Å². The Kier molecular flexibility index (Phi) is 5.01. The van der Waals surface area contributed by atoms with Gasteiger partial charge in [-0.05, 0) is 54.7 Å². The Balaban J connectivity index is 2.27. The first-order valence-corrected chi connectivity index (χ1v) is 8.21. The van der Waals surface area contributed by atoms with Crippen LogP contribution in [0.15, 0.2) is 18.2 Å². The van der Waals surface area contributed by atoms with Gasteiger partial charge in [0.2, 0.25) is 0 Å². The molecule has 1 unspecified atom stereocenters. The van der Waals surface area contributed by atoms with E-state index in [1.165, 1.54) is 43.2 Å². The standard InChI is InChI=1S/C18H27ClO/c1-13(2)12-18(9-5-6-10-18)17(19)15-7-8-16(20-4)14(3)11-15/h7-8,11,13,17H,5-6,9-10,12H2,1-4H3. The first kappa shape index (κ1) is 15.7. The summed E-state index contributed by atoms with van der Waals surface area (Å²) in [6, 6.07) is 6.40. The Morgan fingerprint density at radius 1 is 1.25 bits per heavy atom. The van der Waals surface area contributed by atoms with Crippen molar-refractivity contribution in [2.24, 2.45) is 11.3 Å². The molecule has 0 saturated heterocycles. The predicted octanol–water partition coefficient (Wildman–Crippen LogP) is 5.89. The zero-order valence-corrected chi connectivity index (χ0v) is 14.0. The Morgan fingerprint density at radius 2 is 1.90 bits per heavy atom. The third-order valence-corrected chi connectivity index (χ3v) is 5.38. The van der Waals surface area contributed by atoms with Crippen molar-refractivity contribution in [1.82, 2.24) is 0 Å². The van der Waals surface area contributed by atoms with Crippen LogP contribution in [0.1, 0.15) is 62.5 Å². The molecule has 0 aromatic heterocycles. The molecule has 0 bridgehead atoms. The molecule has 0 amide bonds. The van der Waals surface area contributed by atoms with Crippen LogP contribution < -0.4 is 4.74 Å². The van der Waals surface area contributed by atoms with Crippen LogP contribution in [0, 0.1) is 18.3 Å². The highest BCUT2D eigenvalue weighted by Gasteiger charge is 2.41. The van der Waals surface area contributed by atoms with Gasteiger partial charge in [0.1, 0.15) is 5.75 Å². The van der Waals surface area contributed by atoms with Gasteiger partial charge >= 0.3 is 0 Å². The van der Waals surface area contributed by atoms with Crippen molar-refractivity contribution < 1.29 is 4.74 Å². The third-order valence-electron chi connectivity index (χ3n) is 4.66. The van der Waals surface area contributed by atoms with Crippen molar-refractivity contribution in [3.05, 3.63) is 29.3 Å². The van der Waals surface area contributed by atoms with E-state index in [0.717, 1.165) is 5.75 Å². The van der Waals surface area contributed by atoms with Crippen molar-refractivity contribution in [2.45, 2.75) is 58.3 Å². The summed E-state index contributed by atoms with van der Waals surface area (Å²) in [6.45, 7) is 6.71. The highest BCUT2D eigenvalue weighted by molar-refractivity contribution is 6.21. The summed E-state index contributed by atoms with van der Waals surface area (Å²) < 4.78 is 5.35. The average Bonchev–Trinajstić information content (AvgIpc) is 2.86. The summed E-state index contributed by atoms with van der Waals surface area (Å²) in [5.74, 6) is 1.65. The number of rotatable bonds is 5. The summed E-state index contributed by atoms with van der Waals surface area (Å²) in [6.07, 6.45) is 6.41. The second-order valence-electron chi connectivity index (χ2n) is 6.76. The van der Waals surface area contributed by atoms with Crippen LogP contribution >= 0.6 is 11.6 Å². The lowest BCUT2D eigenvalue weighted by molar-refractivity contribution is 0.223. The van der Waals surface area contributed by atoms with Gasteiger partial charge in [-0.15, -0.1) is 11.6 Å². The maximum absolute atomic E-state index is 6.94. The number of alkyl halides is 1. The molecular formula is C18H27ClO. The molecule has 0 spiro atoms. The number of benzene rings is 1. The van der Waals surface area contributed by atoms with Crippen LogP contribution in [0.5, 0.6) is 5.75 Å². The van der Waals surface area contributed by atoms with Crippen molar-refractivity contribution >= 4 is 11.6 Å². The van der Waals surface area contributed by atoms with E-state index >= 15 is 0 Å². The highest BCUT2D eigenvalue weighted by Crippen LogP contribution is 2.54. The van der Waals surface area contributed by atoms with Crippen LogP contribution in [0.3, 0.4) is 0 Å². The van der Waals surface area contributed by atoms with Gasteiger partial charge in [-0.2, -0.15) is 0 Å². The predicted molar refractivity (Wildman–Crippen MR) is 86.7 cm³/mol. The van der Waals surface area contributed by atoms with Gasteiger partial charge in [0, 0.05) is 0 Å². The van der Waals surface area contributed by atoms with Crippen molar-refractivity contribution in [1.29, 1.82) is 0 Å². The molecule has 1 fully saturated rings. The van der Waals surface area contributed by atoms with Gasteiger partial charge in [0.25, 0.3) is 0 Å². The van der Waals surface area contributed by atoms with E-state index in [1.54, 1.807) is 7.11 Å². The Hall–Kier alpha value is -0.690. The fourth-order valence-electron chi connectivity index (χ4n) is 3.87. The first-order valence-electron chi connectivity index (χ1n) is 7.77. The normalized spacial score (nSPS) is 19.3. The first-order chi connectivity index (χ1) is 9.48. The number of methoxy groups -OCH3 is 1. The lowest BCUT2D eigenvalue weighted by atomic mass is 9.73. The maximum atomic E-state index is 6.94. The molecule has 1 aliphatic rings. The largest absolute Gasteiger partial charge is 0.496 e. The molecule has 1 aromatic carbocycles. The Labute approximate surface area is 128 Å². The van der Waals surface area contributed by atoms with Crippen LogP contribution in [-0.2, 0) is 0 Å². The van der Waals surface area contributed by atoms with Gasteiger partial charge in [-0.25, -0.2) is 0 Å². The molecule has 1 atom stereocenters. The summed E-state index contributed by atoms with van der Waals surface area (Å²) in [5, 5.41) is 0.122. The molecule has 0 radical (unpaired) electrons. The zero-order valence-electron chi connectivity index (χ0n) is 13.2.